The summed E-state index contributed by atoms with van der Waals surface area (Å²) in [5, 5.41) is 9.39. The maximum atomic E-state index is 13.5. The number of anilines is 1. The molecule has 1 aliphatic heterocycles. The van der Waals surface area contributed by atoms with Gasteiger partial charge in [0.1, 0.15) is 0 Å². The lowest BCUT2D eigenvalue weighted by molar-refractivity contribution is -0.118. The van der Waals surface area contributed by atoms with Crippen molar-refractivity contribution in [3.05, 3.63) is 90.3 Å². The van der Waals surface area contributed by atoms with E-state index in [1.54, 1.807) is 12.4 Å². The summed E-state index contributed by atoms with van der Waals surface area (Å²) in [5.41, 5.74) is 4.34. The highest BCUT2D eigenvalue weighted by Gasteiger charge is 2.34. The topological polar surface area (TPSA) is 63.9 Å². The van der Waals surface area contributed by atoms with Crippen LogP contribution in [0.5, 0.6) is 0 Å². The quantitative estimate of drug-likeness (QED) is 0.389. The molecule has 1 aliphatic rings. The molecule has 0 radical (unpaired) electrons. The smallest absolute Gasteiger partial charge is 0.240 e. The molecule has 3 heterocycles. The van der Waals surface area contributed by atoms with Crippen LogP contribution >= 0.6 is 11.8 Å². The molecule has 0 N–H and O–H groups in total. The molecule has 6 nitrogen and oxygen atoms in total. The van der Waals surface area contributed by atoms with Crippen LogP contribution in [0.3, 0.4) is 0 Å². The van der Waals surface area contributed by atoms with Crippen molar-refractivity contribution < 1.29 is 4.79 Å². The van der Waals surface area contributed by atoms with Crippen LogP contribution in [0.25, 0.3) is 11.4 Å². The number of para-hydroxylation sites is 1. The molecule has 0 fully saturated rings. The first-order valence-electron chi connectivity index (χ1n) is 11.1. The lowest BCUT2D eigenvalue weighted by Gasteiger charge is -2.25. The van der Waals surface area contributed by atoms with Crippen LogP contribution in [0.4, 0.5) is 5.69 Å². The van der Waals surface area contributed by atoms with Gasteiger partial charge in [0.15, 0.2) is 11.0 Å². The fourth-order valence-electron chi connectivity index (χ4n) is 4.30. The highest BCUT2D eigenvalue weighted by molar-refractivity contribution is 8.00. The number of aromatic nitrogens is 4. The highest BCUT2D eigenvalue weighted by Crippen LogP contribution is 2.35. The number of fused-ring (bicyclic) bond motifs is 1. The predicted molar refractivity (Wildman–Crippen MR) is 131 cm³/mol. The van der Waals surface area contributed by atoms with Gasteiger partial charge in [0, 0.05) is 29.7 Å². The molecule has 0 saturated carbocycles. The number of benzene rings is 2. The van der Waals surface area contributed by atoms with Gasteiger partial charge in [-0.25, -0.2) is 0 Å². The van der Waals surface area contributed by atoms with E-state index in [1.165, 1.54) is 17.3 Å². The number of hydrogen-bond donors (Lipinski definition) is 0. The van der Waals surface area contributed by atoms with Crippen molar-refractivity contribution in [3.8, 4) is 11.4 Å². The monoisotopic (exact) mass is 455 g/mol. The molecule has 5 rings (SSSR count). The van der Waals surface area contributed by atoms with Crippen molar-refractivity contribution in [1.82, 2.24) is 19.7 Å². The van der Waals surface area contributed by atoms with Crippen LogP contribution in [0.1, 0.15) is 25.0 Å². The number of amides is 1. The van der Waals surface area contributed by atoms with Gasteiger partial charge < -0.3 is 4.90 Å². The van der Waals surface area contributed by atoms with Crippen LogP contribution in [0.2, 0.25) is 0 Å². The zero-order valence-electron chi connectivity index (χ0n) is 18.6. The Morgan fingerprint density at radius 2 is 1.76 bits per heavy atom. The molecule has 0 aliphatic carbocycles. The van der Waals surface area contributed by atoms with Crippen LogP contribution in [0, 0.1) is 0 Å². The van der Waals surface area contributed by atoms with E-state index < -0.39 is 0 Å². The Balaban J connectivity index is 1.44. The summed E-state index contributed by atoms with van der Waals surface area (Å²) in [6, 6.07) is 22.4. The fourth-order valence-corrected chi connectivity index (χ4v) is 5.20. The maximum absolute atomic E-state index is 13.5. The Bertz CT molecular complexity index is 1260. The lowest BCUT2D eigenvalue weighted by atomic mass is 10.1. The van der Waals surface area contributed by atoms with Crippen molar-refractivity contribution in [2.45, 2.75) is 43.3 Å². The maximum Gasteiger partial charge on any atom is 0.240 e. The number of carbonyl (C=O) groups excluding carboxylic acids is 1. The van der Waals surface area contributed by atoms with Gasteiger partial charge in [0.05, 0.1) is 11.8 Å². The molecule has 4 aromatic rings. The van der Waals surface area contributed by atoms with Gasteiger partial charge in [0.2, 0.25) is 5.91 Å². The van der Waals surface area contributed by atoms with E-state index in [9.17, 15) is 4.79 Å². The first-order chi connectivity index (χ1) is 16.1. The zero-order valence-corrected chi connectivity index (χ0v) is 19.4. The molecule has 1 amide bonds. The van der Waals surface area contributed by atoms with Gasteiger partial charge in [0.25, 0.3) is 0 Å². The average Bonchev–Trinajstić information content (AvgIpc) is 3.39. The van der Waals surface area contributed by atoms with Gasteiger partial charge in [-0.05, 0) is 49.6 Å². The molecule has 2 unspecified atom stereocenters. The molecule has 0 bridgehead atoms. The Kier molecular flexibility index (Phi) is 5.96. The van der Waals surface area contributed by atoms with Crippen LogP contribution < -0.4 is 4.90 Å². The zero-order chi connectivity index (χ0) is 22.8. The minimum atomic E-state index is -0.303. The number of rotatable bonds is 6. The van der Waals surface area contributed by atoms with E-state index in [0.29, 0.717) is 6.54 Å². The largest absolute Gasteiger partial charge is 0.308 e. The van der Waals surface area contributed by atoms with E-state index in [1.807, 2.05) is 60.4 Å². The van der Waals surface area contributed by atoms with Crippen molar-refractivity contribution in [3.63, 3.8) is 0 Å². The molecular weight excluding hydrogens is 430 g/mol. The van der Waals surface area contributed by atoms with Gasteiger partial charge in [-0.15, -0.1) is 10.2 Å². The van der Waals surface area contributed by atoms with E-state index in [2.05, 4.69) is 44.9 Å². The van der Waals surface area contributed by atoms with Crippen LogP contribution in [0.15, 0.2) is 84.3 Å². The molecule has 2 atom stereocenters. The second kappa shape index (κ2) is 9.19. The molecule has 7 heteroatoms. The lowest BCUT2D eigenvalue weighted by Crippen LogP contribution is -2.40. The predicted octanol–water partition coefficient (Wildman–Crippen LogP) is 4.85. The SMILES string of the molecule is CC(Sc1nnc(-c2ccncc2)n1Cc1ccccc1)C(=O)N1c2ccccc2CC1C. The van der Waals surface area contributed by atoms with E-state index in [4.69, 9.17) is 0 Å². The summed E-state index contributed by atoms with van der Waals surface area (Å²) < 4.78 is 2.08. The minimum Gasteiger partial charge on any atom is -0.308 e. The summed E-state index contributed by atoms with van der Waals surface area (Å²) in [6.45, 7) is 4.68. The Morgan fingerprint density at radius 3 is 2.55 bits per heavy atom. The highest BCUT2D eigenvalue weighted by atomic mass is 32.2. The Morgan fingerprint density at radius 1 is 1.03 bits per heavy atom. The van der Waals surface area contributed by atoms with Crippen LogP contribution in [-0.4, -0.2) is 36.9 Å². The van der Waals surface area contributed by atoms with Crippen molar-refractivity contribution in [1.29, 1.82) is 0 Å². The third-order valence-electron chi connectivity index (χ3n) is 5.91. The number of pyridine rings is 1. The third-order valence-corrected chi connectivity index (χ3v) is 6.98. The normalized spacial score (nSPS) is 15.9. The first kappa shape index (κ1) is 21.4. The molecule has 166 valence electrons. The van der Waals surface area contributed by atoms with Gasteiger partial charge in [-0.1, -0.05) is 60.3 Å². The average molecular weight is 456 g/mol. The summed E-state index contributed by atoms with van der Waals surface area (Å²) in [7, 11) is 0. The number of carbonyl (C=O) groups is 1. The summed E-state index contributed by atoms with van der Waals surface area (Å²) in [6.07, 6.45) is 4.39. The molecular formula is C26H25N5OS. The summed E-state index contributed by atoms with van der Waals surface area (Å²) >= 11 is 1.46. The van der Waals surface area contributed by atoms with Gasteiger partial charge in [-0.2, -0.15) is 0 Å². The minimum absolute atomic E-state index is 0.0946. The summed E-state index contributed by atoms with van der Waals surface area (Å²) in [4.78, 5) is 19.6. The van der Waals surface area contributed by atoms with E-state index in [-0.39, 0.29) is 17.2 Å². The van der Waals surface area contributed by atoms with E-state index in [0.717, 1.165) is 34.2 Å². The van der Waals surface area contributed by atoms with Crippen molar-refractivity contribution in [2.24, 2.45) is 0 Å². The fraction of sp³-hybridized carbons (Fsp3) is 0.231. The molecule has 2 aromatic heterocycles. The Hall–Kier alpha value is -3.45. The molecule has 2 aromatic carbocycles. The second-order valence-electron chi connectivity index (χ2n) is 8.26. The van der Waals surface area contributed by atoms with Crippen LogP contribution in [-0.2, 0) is 17.8 Å². The van der Waals surface area contributed by atoms with Gasteiger partial charge in [-0.3, -0.25) is 14.3 Å². The second-order valence-corrected chi connectivity index (χ2v) is 9.57. The summed E-state index contributed by atoms with van der Waals surface area (Å²) in [5.74, 6) is 0.862. The third kappa shape index (κ3) is 4.28. The molecule has 0 spiro atoms. The molecule has 33 heavy (non-hydrogen) atoms. The standard InChI is InChI=1S/C26H25N5OS/c1-18-16-22-10-6-7-11-23(22)31(18)25(32)19(2)33-26-29-28-24(21-12-14-27-15-13-21)30(26)17-20-8-4-3-5-9-20/h3-15,18-19H,16-17H2,1-2H3. The molecule has 0 saturated heterocycles. The number of nitrogens with zero attached hydrogens (tertiary/aromatic N) is 5. The number of hydrogen-bond acceptors (Lipinski definition) is 5. The number of thioether (sulfide) groups is 1. The van der Waals surface area contributed by atoms with E-state index >= 15 is 0 Å². The van der Waals surface area contributed by atoms with Crippen molar-refractivity contribution in [2.75, 3.05) is 4.90 Å². The van der Waals surface area contributed by atoms with Gasteiger partial charge >= 0.3 is 0 Å². The first-order valence-corrected chi connectivity index (χ1v) is 11.9. The Labute approximate surface area is 197 Å². The van der Waals surface area contributed by atoms with Crippen molar-refractivity contribution >= 4 is 23.4 Å².